The standard InChI is InChI=1S/C14H19N5OS/c1-18(2)9-14(20)4-7-19(10-14)11-3-5-15-12(17-11)13-16-6-8-21-13/h3,5-6,8,20H,4,7,9-10H2,1-2H3. The molecule has 1 fully saturated rings. The molecule has 1 unspecified atom stereocenters. The molecule has 0 aliphatic carbocycles. The summed E-state index contributed by atoms with van der Waals surface area (Å²) >= 11 is 1.52. The first kappa shape index (κ1) is 14.4. The smallest absolute Gasteiger partial charge is 0.190 e. The molecule has 7 heteroatoms. The fraction of sp³-hybridized carbons (Fsp3) is 0.500. The third kappa shape index (κ3) is 3.20. The SMILES string of the molecule is CN(C)CC1(O)CCN(c2ccnc(-c3nccs3)n2)C1. The third-order valence-electron chi connectivity index (χ3n) is 3.53. The number of hydrogen-bond acceptors (Lipinski definition) is 7. The highest BCUT2D eigenvalue weighted by Crippen LogP contribution is 2.27. The number of aliphatic hydroxyl groups is 1. The number of nitrogens with zero attached hydrogens (tertiary/aromatic N) is 5. The zero-order chi connectivity index (χ0) is 14.9. The van der Waals surface area contributed by atoms with Gasteiger partial charge in [-0.05, 0) is 26.6 Å². The van der Waals surface area contributed by atoms with E-state index in [9.17, 15) is 5.11 Å². The quantitative estimate of drug-likeness (QED) is 0.912. The first-order chi connectivity index (χ1) is 10.1. The number of likely N-dealkylation sites (N-methyl/N-ethyl adjacent to an activating group) is 1. The second-order valence-electron chi connectivity index (χ2n) is 5.71. The molecule has 1 atom stereocenters. The van der Waals surface area contributed by atoms with Gasteiger partial charge in [-0.25, -0.2) is 15.0 Å². The van der Waals surface area contributed by atoms with Gasteiger partial charge in [0, 0.05) is 37.4 Å². The summed E-state index contributed by atoms with van der Waals surface area (Å²) in [6.45, 7) is 2.06. The third-order valence-corrected chi connectivity index (χ3v) is 4.30. The molecule has 2 aromatic heterocycles. The fourth-order valence-electron chi connectivity index (χ4n) is 2.73. The molecule has 1 aliphatic rings. The van der Waals surface area contributed by atoms with Crippen LogP contribution in [0.25, 0.3) is 10.8 Å². The second kappa shape index (κ2) is 5.67. The first-order valence-electron chi connectivity index (χ1n) is 6.91. The van der Waals surface area contributed by atoms with Crippen molar-refractivity contribution in [3.05, 3.63) is 23.8 Å². The van der Waals surface area contributed by atoms with Crippen LogP contribution in [0.3, 0.4) is 0 Å². The number of β-amino-alcohol motifs (C(OH)–C–C–N with tert-alkyl or cyclic N) is 1. The molecule has 6 nitrogen and oxygen atoms in total. The van der Waals surface area contributed by atoms with Crippen molar-refractivity contribution in [3.8, 4) is 10.8 Å². The Labute approximate surface area is 128 Å². The summed E-state index contributed by atoms with van der Waals surface area (Å²) < 4.78 is 0. The number of aromatic nitrogens is 3. The van der Waals surface area contributed by atoms with Gasteiger partial charge < -0.3 is 14.9 Å². The molecule has 3 rings (SSSR count). The lowest BCUT2D eigenvalue weighted by atomic mass is 10.0. The molecule has 112 valence electrons. The van der Waals surface area contributed by atoms with Crippen LogP contribution in [0.5, 0.6) is 0 Å². The van der Waals surface area contributed by atoms with Crippen molar-refractivity contribution in [2.75, 3.05) is 38.6 Å². The predicted molar refractivity (Wildman–Crippen MR) is 83.5 cm³/mol. The van der Waals surface area contributed by atoms with Gasteiger partial charge in [-0.15, -0.1) is 11.3 Å². The van der Waals surface area contributed by atoms with Gasteiger partial charge in [0.25, 0.3) is 0 Å². The molecule has 0 spiro atoms. The van der Waals surface area contributed by atoms with Crippen LogP contribution in [-0.2, 0) is 0 Å². The Bertz CT molecular complexity index is 603. The largest absolute Gasteiger partial charge is 0.387 e. The van der Waals surface area contributed by atoms with E-state index in [1.165, 1.54) is 11.3 Å². The molecule has 0 radical (unpaired) electrons. The summed E-state index contributed by atoms with van der Waals surface area (Å²) in [4.78, 5) is 17.2. The van der Waals surface area contributed by atoms with E-state index < -0.39 is 5.60 Å². The van der Waals surface area contributed by atoms with Crippen LogP contribution in [0.4, 0.5) is 5.82 Å². The van der Waals surface area contributed by atoms with Crippen molar-refractivity contribution in [1.29, 1.82) is 0 Å². The van der Waals surface area contributed by atoms with Crippen LogP contribution in [0, 0.1) is 0 Å². The summed E-state index contributed by atoms with van der Waals surface area (Å²) in [5.74, 6) is 1.50. The number of rotatable bonds is 4. The topological polar surface area (TPSA) is 65.4 Å². The Morgan fingerprint density at radius 1 is 1.38 bits per heavy atom. The monoisotopic (exact) mass is 305 g/mol. The van der Waals surface area contributed by atoms with E-state index in [4.69, 9.17) is 0 Å². The molecular formula is C14H19N5OS. The van der Waals surface area contributed by atoms with Gasteiger partial charge in [-0.2, -0.15) is 0 Å². The molecule has 3 heterocycles. The van der Waals surface area contributed by atoms with Crippen LogP contribution in [0.2, 0.25) is 0 Å². The highest BCUT2D eigenvalue weighted by Gasteiger charge is 2.37. The Hall–Kier alpha value is -1.57. The molecule has 0 bridgehead atoms. The summed E-state index contributed by atoms with van der Waals surface area (Å²) in [6.07, 6.45) is 4.26. The minimum Gasteiger partial charge on any atom is -0.387 e. The van der Waals surface area contributed by atoms with Crippen LogP contribution >= 0.6 is 11.3 Å². The first-order valence-corrected chi connectivity index (χ1v) is 7.79. The number of hydrogen-bond donors (Lipinski definition) is 1. The van der Waals surface area contributed by atoms with Gasteiger partial charge in [0.2, 0.25) is 0 Å². The highest BCUT2D eigenvalue weighted by atomic mass is 32.1. The van der Waals surface area contributed by atoms with Crippen molar-refractivity contribution >= 4 is 17.2 Å². The van der Waals surface area contributed by atoms with Crippen molar-refractivity contribution in [2.45, 2.75) is 12.0 Å². The highest BCUT2D eigenvalue weighted by molar-refractivity contribution is 7.12. The Kier molecular flexibility index (Phi) is 3.88. The summed E-state index contributed by atoms with van der Waals surface area (Å²) in [5, 5.41) is 13.3. The van der Waals surface area contributed by atoms with E-state index in [0.717, 1.165) is 23.8 Å². The zero-order valence-electron chi connectivity index (χ0n) is 12.2. The molecule has 21 heavy (non-hydrogen) atoms. The van der Waals surface area contributed by atoms with E-state index in [0.29, 0.717) is 18.9 Å². The van der Waals surface area contributed by atoms with Crippen LogP contribution in [0.1, 0.15) is 6.42 Å². The lowest BCUT2D eigenvalue weighted by Gasteiger charge is -2.27. The Balaban J connectivity index is 1.78. The van der Waals surface area contributed by atoms with E-state index >= 15 is 0 Å². The molecule has 1 aliphatic heterocycles. The lowest BCUT2D eigenvalue weighted by Crippen LogP contribution is -2.42. The van der Waals surface area contributed by atoms with Crippen LogP contribution in [0.15, 0.2) is 23.8 Å². The Morgan fingerprint density at radius 2 is 2.24 bits per heavy atom. The lowest BCUT2D eigenvalue weighted by molar-refractivity contribution is 0.0365. The maximum Gasteiger partial charge on any atom is 0.190 e. The van der Waals surface area contributed by atoms with Crippen LogP contribution in [-0.4, -0.2) is 64.3 Å². The maximum atomic E-state index is 10.6. The predicted octanol–water partition coefficient (Wildman–Crippen LogP) is 1.10. The summed E-state index contributed by atoms with van der Waals surface area (Å²) in [7, 11) is 3.96. The minimum atomic E-state index is -0.671. The van der Waals surface area contributed by atoms with Gasteiger partial charge in [-0.3, -0.25) is 0 Å². The molecule has 0 aromatic carbocycles. The normalized spacial score (nSPS) is 22.2. The Morgan fingerprint density at radius 3 is 2.95 bits per heavy atom. The van der Waals surface area contributed by atoms with E-state index in [2.05, 4.69) is 19.9 Å². The molecular weight excluding hydrogens is 286 g/mol. The van der Waals surface area contributed by atoms with Gasteiger partial charge in [0.15, 0.2) is 10.8 Å². The molecule has 0 amide bonds. The van der Waals surface area contributed by atoms with Gasteiger partial charge in [0.05, 0.1) is 5.60 Å². The van der Waals surface area contributed by atoms with Crippen molar-refractivity contribution in [1.82, 2.24) is 19.9 Å². The molecule has 1 saturated heterocycles. The maximum absolute atomic E-state index is 10.6. The second-order valence-corrected chi connectivity index (χ2v) is 6.60. The number of thiazole rings is 1. The fourth-order valence-corrected chi connectivity index (χ4v) is 3.31. The zero-order valence-corrected chi connectivity index (χ0v) is 13.0. The van der Waals surface area contributed by atoms with E-state index in [1.54, 1.807) is 12.4 Å². The van der Waals surface area contributed by atoms with Crippen LogP contribution < -0.4 is 4.90 Å². The van der Waals surface area contributed by atoms with Crippen molar-refractivity contribution in [2.24, 2.45) is 0 Å². The van der Waals surface area contributed by atoms with Crippen molar-refractivity contribution < 1.29 is 5.11 Å². The molecule has 0 saturated carbocycles. The molecule has 1 N–H and O–H groups in total. The van der Waals surface area contributed by atoms with E-state index in [-0.39, 0.29) is 0 Å². The van der Waals surface area contributed by atoms with Gasteiger partial charge in [0.1, 0.15) is 5.82 Å². The van der Waals surface area contributed by atoms with E-state index in [1.807, 2.05) is 30.4 Å². The average Bonchev–Trinajstić information content (AvgIpc) is 3.08. The van der Waals surface area contributed by atoms with Gasteiger partial charge >= 0.3 is 0 Å². The minimum absolute atomic E-state index is 0.597. The average molecular weight is 305 g/mol. The summed E-state index contributed by atoms with van der Waals surface area (Å²) in [5.41, 5.74) is -0.671. The van der Waals surface area contributed by atoms with Gasteiger partial charge in [-0.1, -0.05) is 0 Å². The summed E-state index contributed by atoms with van der Waals surface area (Å²) in [6, 6.07) is 1.89. The molecule has 2 aromatic rings. The van der Waals surface area contributed by atoms with Crippen molar-refractivity contribution in [3.63, 3.8) is 0 Å². The number of anilines is 1.